The second-order valence-corrected chi connectivity index (χ2v) is 7.98. The molecule has 3 rings (SSSR count). The number of para-hydroxylation sites is 2. The Morgan fingerprint density at radius 3 is 2.57 bits per heavy atom. The number of benzene rings is 2. The monoisotopic (exact) mass is 383 g/mol. The highest BCUT2D eigenvalue weighted by molar-refractivity contribution is 5.56. The van der Waals surface area contributed by atoms with Crippen LogP contribution in [-0.4, -0.2) is 32.5 Å². The van der Waals surface area contributed by atoms with Crippen molar-refractivity contribution >= 4 is 5.69 Å². The molecule has 0 aliphatic carbocycles. The van der Waals surface area contributed by atoms with Gasteiger partial charge >= 0.3 is 0 Å². The Balaban J connectivity index is 1.45. The molecule has 0 aromatic heterocycles. The minimum Gasteiger partial charge on any atom is -0.492 e. The SMILES string of the molecule is CCC(C)(C)c1ccc(OCCNc2ccccc2OCC2CCCO2)cc1. The summed E-state index contributed by atoms with van der Waals surface area (Å²) in [6.45, 7) is 9.52. The molecule has 1 atom stereocenters. The molecule has 0 bridgehead atoms. The Morgan fingerprint density at radius 2 is 1.86 bits per heavy atom. The van der Waals surface area contributed by atoms with Crippen LogP contribution in [0.2, 0.25) is 0 Å². The van der Waals surface area contributed by atoms with Crippen molar-refractivity contribution in [1.29, 1.82) is 0 Å². The van der Waals surface area contributed by atoms with Crippen LogP contribution in [0.15, 0.2) is 48.5 Å². The van der Waals surface area contributed by atoms with E-state index in [0.717, 1.165) is 43.1 Å². The summed E-state index contributed by atoms with van der Waals surface area (Å²) < 4.78 is 17.5. The highest BCUT2D eigenvalue weighted by Gasteiger charge is 2.18. The molecule has 0 saturated carbocycles. The largest absolute Gasteiger partial charge is 0.492 e. The van der Waals surface area contributed by atoms with Crippen LogP contribution in [0.5, 0.6) is 11.5 Å². The summed E-state index contributed by atoms with van der Waals surface area (Å²) in [5.41, 5.74) is 2.54. The second kappa shape index (κ2) is 9.83. The predicted molar refractivity (Wildman–Crippen MR) is 115 cm³/mol. The van der Waals surface area contributed by atoms with Gasteiger partial charge < -0.3 is 19.5 Å². The van der Waals surface area contributed by atoms with E-state index in [0.29, 0.717) is 19.8 Å². The molecule has 0 radical (unpaired) electrons. The van der Waals surface area contributed by atoms with E-state index in [1.54, 1.807) is 0 Å². The summed E-state index contributed by atoms with van der Waals surface area (Å²) >= 11 is 0. The zero-order valence-electron chi connectivity index (χ0n) is 17.4. The molecule has 1 fully saturated rings. The van der Waals surface area contributed by atoms with Crippen LogP contribution in [-0.2, 0) is 10.2 Å². The van der Waals surface area contributed by atoms with Crippen molar-refractivity contribution in [2.45, 2.75) is 51.6 Å². The third kappa shape index (κ3) is 5.65. The maximum absolute atomic E-state index is 5.96. The molecule has 28 heavy (non-hydrogen) atoms. The molecule has 1 unspecified atom stereocenters. The fraction of sp³-hybridized carbons (Fsp3) is 0.500. The molecule has 4 nitrogen and oxygen atoms in total. The standard InChI is InChI=1S/C24H33NO3/c1-4-24(2,3)19-11-13-20(14-12-19)27-17-15-25-22-9-5-6-10-23(22)28-18-21-8-7-16-26-21/h5-6,9-14,21,25H,4,7-8,15-18H2,1-3H3. The van der Waals surface area contributed by atoms with Gasteiger partial charge in [0.15, 0.2) is 0 Å². The summed E-state index contributed by atoms with van der Waals surface area (Å²) in [7, 11) is 0. The van der Waals surface area contributed by atoms with E-state index < -0.39 is 0 Å². The minimum absolute atomic E-state index is 0.202. The molecule has 152 valence electrons. The predicted octanol–water partition coefficient (Wildman–Crippen LogP) is 5.42. The molecule has 1 aliphatic heterocycles. The second-order valence-electron chi connectivity index (χ2n) is 7.98. The lowest BCUT2D eigenvalue weighted by Crippen LogP contribution is -2.17. The molecule has 2 aromatic carbocycles. The van der Waals surface area contributed by atoms with Crippen molar-refractivity contribution in [3.05, 3.63) is 54.1 Å². The molecule has 0 amide bonds. The van der Waals surface area contributed by atoms with E-state index in [-0.39, 0.29) is 11.5 Å². The maximum Gasteiger partial charge on any atom is 0.142 e. The van der Waals surface area contributed by atoms with Crippen LogP contribution in [0, 0.1) is 0 Å². The summed E-state index contributed by atoms with van der Waals surface area (Å²) in [4.78, 5) is 0. The Morgan fingerprint density at radius 1 is 1.07 bits per heavy atom. The van der Waals surface area contributed by atoms with Gasteiger partial charge in [0.2, 0.25) is 0 Å². The molecule has 1 saturated heterocycles. The summed E-state index contributed by atoms with van der Waals surface area (Å²) in [5.74, 6) is 1.77. The summed E-state index contributed by atoms with van der Waals surface area (Å²) in [6, 6.07) is 16.5. The van der Waals surface area contributed by atoms with Gasteiger partial charge in [0.25, 0.3) is 0 Å². The zero-order valence-corrected chi connectivity index (χ0v) is 17.4. The van der Waals surface area contributed by atoms with Crippen LogP contribution in [0.4, 0.5) is 5.69 Å². The average molecular weight is 384 g/mol. The van der Waals surface area contributed by atoms with Gasteiger partial charge in [-0.15, -0.1) is 0 Å². The normalized spacial score (nSPS) is 16.8. The van der Waals surface area contributed by atoms with Crippen molar-refractivity contribution in [2.75, 3.05) is 31.7 Å². The van der Waals surface area contributed by atoms with Crippen molar-refractivity contribution in [3.8, 4) is 11.5 Å². The number of anilines is 1. The van der Waals surface area contributed by atoms with Crippen LogP contribution in [0.25, 0.3) is 0 Å². The molecule has 0 spiro atoms. The molecule has 1 N–H and O–H groups in total. The molecule has 4 heteroatoms. The van der Waals surface area contributed by atoms with Crippen LogP contribution < -0.4 is 14.8 Å². The average Bonchev–Trinajstić information content (AvgIpc) is 3.24. The van der Waals surface area contributed by atoms with Gasteiger partial charge in [-0.05, 0) is 54.5 Å². The van der Waals surface area contributed by atoms with Gasteiger partial charge in [-0.3, -0.25) is 0 Å². The van der Waals surface area contributed by atoms with Crippen LogP contribution >= 0.6 is 0 Å². The number of rotatable bonds is 10. The van der Waals surface area contributed by atoms with E-state index in [2.05, 4.69) is 50.4 Å². The number of ether oxygens (including phenoxy) is 3. The Kier molecular flexibility index (Phi) is 7.21. The number of hydrogen-bond acceptors (Lipinski definition) is 4. The van der Waals surface area contributed by atoms with Gasteiger partial charge in [-0.2, -0.15) is 0 Å². The van der Waals surface area contributed by atoms with Crippen LogP contribution in [0.3, 0.4) is 0 Å². The van der Waals surface area contributed by atoms with Gasteiger partial charge in [-0.1, -0.05) is 45.0 Å². The van der Waals surface area contributed by atoms with Gasteiger partial charge in [0.1, 0.15) is 24.7 Å². The first-order valence-electron chi connectivity index (χ1n) is 10.4. The Labute approximate surface area is 169 Å². The lowest BCUT2D eigenvalue weighted by molar-refractivity contribution is 0.0682. The Hall–Kier alpha value is -2.20. The lowest BCUT2D eigenvalue weighted by atomic mass is 9.82. The number of hydrogen-bond donors (Lipinski definition) is 1. The minimum atomic E-state index is 0.202. The smallest absolute Gasteiger partial charge is 0.142 e. The van der Waals surface area contributed by atoms with Crippen LogP contribution in [0.1, 0.15) is 45.6 Å². The van der Waals surface area contributed by atoms with Crippen molar-refractivity contribution in [3.63, 3.8) is 0 Å². The van der Waals surface area contributed by atoms with E-state index in [9.17, 15) is 0 Å². The molecule has 1 aliphatic rings. The fourth-order valence-corrected chi connectivity index (χ4v) is 3.26. The first-order chi connectivity index (χ1) is 13.6. The van der Waals surface area contributed by atoms with Gasteiger partial charge in [-0.25, -0.2) is 0 Å². The summed E-state index contributed by atoms with van der Waals surface area (Å²) in [5, 5.41) is 3.41. The first kappa shape index (κ1) is 20.5. The third-order valence-electron chi connectivity index (χ3n) is 5.54. The Bertz CT molecular complexity index is 721. The quantitative estimate of drug-likeness (QED) is 0.556. The molecule has 1 heterocycles. The van der Waals surface area contributed by atoms with Gasteiger partial charge in [0.05, 0.1) is 11.8 Å². The van der Waals surface area contributed by atoms with Crippen molar-refractivity contribution < 1.29 is 14.2 Å². The zero-order chi connectivity index (χ0) is 19.8. The summed E-state index contributed by atoms with van der Waals surface area (Å²) in [6.07, 6.45) is 3.54. The first-order valence-corrected chi connectivity index (χ1v) is 10.4. The van der Waals surface area contributed by atoms with E-state index in [4.69, 9.17) is 14.2 Å². The van der Waals surface area contributed by atoms with E-state index >= 15 is 0 Å². The number of nitrogens with one attached hydrogen (secondary N) is 1. The van der Waals surface area contributed by atoms with Gasteiger partial charge in [0, 0.05) is 13.2 Å². The van der Waals surface area contributed by atoms with E-state index in [1.807, 2.05) is 24.3 Å². The maximum atomic E-state index is 5.96. The molecule has 2 aromatic rings. The highest BCUT2D eigenvalue weighted by atomic mass is 16.5. The topological polar surface area (TPSA) is 39.7 Å². The fourth-order valence-electron chi connectivity index (χ4n) is 3.26. The van der Waals surface area contributed by atoms with Crippen molar-refractivity contribution in [2.24, 2.45) is 0 Å². The molecular formula is C24H33NO3. The van der Waals surface area contributed by atoms with E-state index in [1.165, 1.54) is 5.56 Å². The lowest BCUT2D eigenvalue weighted by Gasteiger charge is -2.23. The highest BCUT2D eigenvalue weighted by Crippen LogP contribution is 2.28. The van der Waals surface area contributed by atoms with Crippen molar-refractivity contribution in [1.82, 2.24) is 0 Å². The molecular weight excluding hydrogens is 350 g/mol. The third-order valence-corrected chi connectivity index (χ3v) is 5.54.